The van der Waals surface area contributed by atoms with Crippen LogP contribution in [0.4, 0.5) is 4.39 Å². The zero-order valence-electron chi connectivity index (χ0n) is 12.5. The molecule has 108 valence electrons. The molecule has 1 fully saturated rings. The Morgan fingerprint density at radius 1 is 1.15 bits per heavy atom. The van der Waals surface area contributed by atoms with Gasteiger partial charge in [-0.3, -0.25) is 0 Å². The quantitative estimate of drug-likeness (QED) is 0.794. The molecule has 0 aliphatic carbocycles. The highest BCUT2D eigenvalue weighted by atomic mass is 19.1. The Morgan fingerprint density at radius 2 is 1.80 bits per heavy atom. The van der Waals surface area contributed by atoms with E-state index in [1.54, 1.807) is 12.1 Å². The highest BCUT2D eigenvalue weighted by Gasteiger charge is 2.52. The number of nitrogens with one attached hydrogen (secondary N) is 1. The van der Waals surface area contributed by atoms with Gasteiger partial charge in [-0.05, 0) is 69.4 Å². The molecular weight excluding hydrogens is 256 g/mol. The van der Waals surface area contributed by atoms with Crippen LogP contribution in [-0.2, 0) is 22.3 Å². The minimum absolute atomic E-state index is 0.225. The minimum Gasteiger partial charge on any atom is -0.399 e. The van der Waals surface area contributed by atoms with E-state index in [4.69, 9.17) is 9.31 Å². The average Bonchev–Trinajstić information content (AvgIpc) is 2.57. The molecule has 1 saturated heterocycles. The molecule has 0 saturated carbocycles. The molecule has 0 radical (unpaired) electrons. The molecule has 3 nitrogen and oxygen atoms in total. The van der Waals surface area contributed by atoms with E-state index in [1.165, 1.54) is 5.56 Å². The minimum atomic E-state index is -0.484. The predicted molar refractivity (Wildman–Crippen MR) is 77.5 cm³/mol. The van der Waals surface area contributed by atoms with E-state index in [-0.39, 0.29) is 5.82 Å². The van der Waals surface area contributed by atoms with Gasteiger partial charge >= 0.3 is 7.12 Å². The molecule has 0 bridgehead atoms. The predicted octanol–water partition coefficient (Wildman–Crippen LogP) is 1.77. The van der Waals surface area contributed by atoms with Crippen LogP contribution in [0.25, 0.3) is 0 Å². The Bertz CT molecular complexity index is 529. The Kier molecular flexibility index (Phi) is 3.20. The van der Waals surface area contributed by atoms with Crippen molar-refractivity contribution in [3.05, 3.63) is 29.1 Å². The molecule has 5 heteroatoms. The maximum atomic E-state index is 13.9. The van der Waals surface area contributed by atoms with Gasteiger partial charge in [0.2, 0.25) is 0 Å². The van der Waals surface area contributed by atoms with Crippen LogP contribution in [-0.4, -0.2) is 24.9 Å². The monoisotopic (exact) mass is 277 g/mol. The fraction of sp³-hybridized carbons (Fsp3) is 0.600. The summed E-state index contributed by atoms with van der Waals surface area (Å²) in [7, 11) is -0.484. The maximum absolute atomic E-state index is 13.9. The molecule has 1 aromatic rings. The first kappa shape index (κ1) is 14.0. The van der Waals surface area contributed by atoms with E-state index < -0.39 is 18.3 Å². The van der Waals surface area contributed by atoms with Crippen molar-refractivity contribution in [2.45, 2.75) is 51.9 Å². The van der Waals surface area contributed by atoms with Gasteiger partial charge in [0.25, 0.3) is 0 Å². The second kappa shape index (κ2) is 4.55. The zero-order chi connectivity index (χ0) is 14.5. The number of rotatable bonds is 1. The van der Waals surface area contributed by atoms with Crippen LogP contribution in [0.5, 0.6) is 0 Å². The van der Waals surface area contributed by atoms with Gasteiger partial charge in [-0.25, -0.2) is 4.39 Å². The van der Waals surface area contributed by atoms with Gasteiger partial charge in [-0.2, -0.15) is 0 Å². The number of halogens is 1. The number of fused-ring (bicyclic) bond motifs is 1. The molecular formula is C15H21BFNO2. The molecule has 0 aromatic heterocycles. The number of hydrogen-bond donors (Lipinski definition) is 1. The van der Waals surface area contributed by atoms with E-state index in [0.717, 1.165) is 24.0 Å². The smallest absolute Gasteiger partial charge is 0.399 e. The van der Waals surface area contributed by atoms with Crippen molar-refractivity contribution in [3.63, 3.8) is 0 Å². The van der Waals surface area contributed by atoms with Gasteiger partial charge < -0.3 is 14.6 Å². The summed E-state index contributed by atoms with van der Waals surface area (Å²) < 4.78 is 26.0. The van der Waals surface area contributed by atoms with Gasteiger partial charge in [0.15, 0.2) is 0 Å². The topological polar surface area (TPSA) is 30.5 Å². The lowest BCUT2D eigenvalue weighted by Crippen LogP contribution is -2.41. The molecule has 2 aliphatic rings. The normalized spacial score (nSPS) is 23.8. The lowest BCUT2D eigenvalue weighted by Gasteiger charge is -2.32. The van der Waals surface area contributed by atoms with E-state index in [2.05, 4.69) is 5.32 Å². The van der Waals surface area contributed by atoms with Crippen LogP contribution in [0.1, 0.15) is 38.8 Å². The van der Waals surface area contributed by atoms with Gasteiger partial charge in [0.05, 0.1) is 11.2 Å². The summed E-state index contributed by atoms with van der Waals surface area (Å²) in [4.78, 5) is 0. The molecule has 20 heavy (non-hydrogen) atoms. The van der Waals surface area contributed by atoms with Crippen molar-refractivity contribution >= 4 is 12.6 Å². The van der Waals surface area contributed by atoms with Gasteiger partial charge in [-0.1, -0.05) is 0 Å². The molecule has 0 spiro atoms. The lowest BCUT2D eigenvalue weighted by molar-refractivity contribution is 0.00578. The third kappa shape index (κ3) is 2.18. The molecule has 2 heterocycles. The number of benzene rings is 1. The molecule has 0 unspecified atom stereocenters. The van der Waals surface area contributed by atoms with Gasteiger partial charge in [0, 0.05) is 6.54 Å². The summed E-state index contributed by atoms with van der Waals surface area (Å²) in [5, 5.41) is 3.27. The molecule has 1 aromatic carbocycles. The average molecular weight is 277 g/mol. The third-order valence-corrected chi connectivity index (χ3v) is 4.72. The van der Waals surface area contributed by atoms with Crippen LogP contribution in [0, 0.1) is 5.82 Å². The van der Waals surface area contributed by atoms with Crippen molar-refractivity contribution in [2.75, 3.05) is 6.54 Å². The first-order chi connectivity index (χ1) is 9.30. The summed E-state index contributed by atoms with van der Waals surface area (Å²) in [5.74, 6) is -0.225. The first-order valence-electron chi connectivity index (χ1n) is 7.18. The van der Waals surface area contributed by atoms with Crippen molar-refractivity contribution in [1.29, 1.82) is 0 Å². The van der Waals surface area contributed by atoms with E-state index in [9.17, 15) is 4.39 Å². The molecule has 0 amide bonds. The highest BCUT2D eigenvalue weighted by molar-refractivity contribution is 6.62. The lowest BCUT2D eigenvalue weighted by atomic mass is 9.73. The van der Waals surface area contributed by atoms with Crippen molar-refractivity contribution < 1.29 is 13.7 Å². The Balaban J connectivity index is 2.01. The molecule has 3 rings (SSSR count). The highest BCUT2D eigenvalue weighted by Crippen LogP contribution is 2.37. The van der Waals surface area contributed by atoms with Crippen molar-refractivity contribution in [3.8, 4) is 0 Å². The van der Waals surface area contributed by atoms with E-state index in [0.29, 0.717) is 6.54 Å². The fourth-order valence-electron chi connectivity index (χ4n) is 2.80. The first-order valence-corrected chi connectivity index (χ1v) is 7.18. The Labute approximate surface area is 120 Å². The summed E-state index contributed by atoms with van der Waals surface area (Å²) >= 11 is 0. The number of hydrogen-bond acceptors (Lipinski definition) is 3. The maximum Gasteiger partial charge on any atom is 0.495 e. The van der Waals surface area contributed by atoms with Crippen molar-refractivity contribution in [1.82, 2.24) is 5.32 Å². The molecule has 0 atom stereocenters. The van der Waals surface area contributed by atoms with Crippen LogP contribution in [0.15, 0.2) is 12.1 Å². The third-order valence-electron chi connectivity index (χ3n) is 4.72. The van der Waals surface area contributed by atoms with Crippen LogP contribution in [0.3, 0.4) is 0 Å². The largest absolute Gasteiger partial charge is 0.495 e. The van der Waals surface area contributed by atoms with Crippen LogP contribution >= 0.6 is 0 Å². The van der Waals surface area contributed by atoms with Gasteiger partial charge in [0.1, 0.15) is 5.82 Å². The second-order valence-corrected chi connectivity index (χ2v) is 6.65. The molecule has 2 aliphatic heterocycles. The zero-order valence-corrected chi connectivity index (χ0v) is 12.5. The van der Waals surface area contributed by atoms with Gasteiger partial charge in [-0.15, -0.1) is 0 Å². The van der Waals surface area contributed by atoms with Crippen molar-refractivity contribution in [2.24, 2.45) is 0 Å². The van der Waals surface area contributed by atoms with E-state index >= 15 is 0 Å². The SMILES string of the molecule is CC1(C)OB(c2cc(F)cc3c2CCNC3)OC1(C)C. The standard InChI is InChI=1S/C15H21BFNO2/c1-14(2)15(3,4)20-16(19-14)13-8-11(17)7-10-9-18-6-5-12(10)13/h7-8,18H,5-6,9H2,1-4H3. The summed E-state index contributed by atoms with van der Waals surface area (Å²) in [5.41, 5.74) is 2.23. The fourth-order valence-corrected chi connectivity index (χ4v) is 2.80. The molecule has 1 N–H and O–H groups in total. The second-order valence-electron chi connectivity index (χ2n) is 6.65. The van der Waals surface area contributed by atoms with Crippen LogP contribution < -0.4 is 10.8 Å². The summed E-state index contributed by atoms with van der Waals surface area (Å²) in [6.45, 7) is 9.67. The van der Waals surface area contributed by atoms with E-state index in [1.807, 2.05) is 27.7 Å². The van der Waals surface area contributed by atoms with Crippen LogP contribution in [0.2, 0.25) is 0 Å². The Morgan fingerprint density at radius 3 is 2.45 bits per heavy atom. The Hall–Kier alpha value is -0.905. The summed E-state index contributed by atoms with van der Waals surface area (Å²) in [6, 6.07) is 3.17. The summed E-state index contributed by atoms with van der Waals surface area (Å²) in [6.07, 6.45) is 0.884.